The van der Waals surface area contributed by atoms with Crippen molar-refractivity contribution < 1.29 is 0 Å². The van der Waals surface area contributed by atoms with Gasteiger partial charge in [-0.25, -0.2) is 4.98 Å². The van der Waals surface area contributed by atoms with Crippen molar-refractivity contribution in [1.82, 2.24) is 19.8 Å². The third-order valence-corrected chi connectivity index (χ3v) is 3.79. The van der Waals surface area contributed by atoms with E-state index < -0.39 is 0 Å². The Morgan fingerprint density at radius 2 is 2.33 bits per heavy atom. The lowest BCUT2D eigenvalue weighted by Gasteiger charge is -2.26. The number of imidazole rings is 1. The average molecular weight is 250 g/mol. The summed E-state index contributed by atoms with van der Waals surface area (Å²) in [6.07, 6.45) is 12.4. The van der Waals surface area contributed by atoms with Crippen LogP contribution in [0.2, 0.25) is 0 Å². The molecule has 18 heavy (non-hydrogen) atoms. The van der Waals surface area contributed by atoms with E-state index in [-0.39, 0.29) is 0 Å². The first kappa shape index (κ1) is 13.6. The highest BCUT2D eigenvalue weighted by molar-refractivity contribution is 4.75. The zero-order valence-electron chi connectivity index (χ0n) is 11.5. The Morgan fingerprint density at radius 3 is 3.06 bits per heavy atom. The first-order valence-electron chi connectivity index (χ1n) is 7.22. The number of hydrogen-bond donors (Lipinski definition) is 1. The fraction of sp³-hybridized carbons (Fsp3) is 0.786. The zero-order valence-corrected chi connectivity index (χ0v) is 11.5. The largest absolute Gasteiger partial charge is 0.337 e. The Balaban J connectivity index is 1.53. The van der Waals surface area contributed by atoms with E-state index in [0.29, 0.717) is 0 Å². The molecule has 1 aliphatic heterocycles. The van der Waals surface area contributed by atoms with E-state index in [0.717, 1.165) is 12.6 Å². The summed E-state index contributed by atoms with van der Waals surface area (Å²) in [6, 6.07) is 0.759. The van der Waals surface area contributed by atoms with Crippen molar-refractivity contribution in [3.63, 3.8) is 0 Å². The highest BCUT2D eigenvalue weighted by atomic mass is 15.1. The molecule has 0 spiro atoms. The number of nitrogens with one attached hydrogen (secondary N) is 1. The first-order valence-corrected chi connectivity index (χ1v) is 7.22. The van der Waals surface area contributed by atoms with Gasteiger partial charge in [-0.1, -0.05) is 6.42 Å². The van der Waals surface area contributed by atoms with Crippen molar-refractivity contribution in [2.24, 2.45) is 0 Å². The highest BCUT2D eigenvalue weighted by Crippen LogP contribution is 2.10. The van der Waals surface area contributed by atoms with Crippen LogP contribution in [0.1, 0.15) is 32.1 Å². The molecule has 4 nitrogen and oxygen atoms in total. The molecule has 1 fully saturated rings. The Bertz CT molecular complexity index is 304. The second-order valence-corrected chi connectivity index (χ2v) is 5.39. The van der Waals surface area contributed by atoms with Gasteiger partial charge in [0, 0.05) is 25.0 Å². The van der Waals surface area contributed by atoms with E-state index >= 15 is 0 Å². The van der Waals surface area contributed by atoms with Crippen LogP contribution >= 0.6 is 0 Å². The molecule has 1 aromatic rings. The second-order valence-electron chi connectivity index (χ2n) is 5.39. The van der Waals surface area contributed by atoms with Crippen LogP contribution < -0.4 is 5.32 Å². The van der Waals surface area contributed by atoms with Gasteiger partial charge in [-0.2, -0.15) is 0 Å². The SMILES string of the molecule is CN(CCCn1ccnc1)CCC1CCCCN1. The molecule has 0 bridgehead atoms. The third-order valence-electron chi connectivity index (χ3n) is 3.79. The number of nitrogens with zero attached hydrogens (tertiary/aromatic N) is 3. The summed E-state index contributed by atoms with van der Waals surface area (Å²) >= 11 is 0. The average Bonchev–Trinajstić information content (AvgIpc) is 2.91. The van der Waals surface area contributed by atoms with Crippen molar-refractivity contribution in [3.8, 4) is 0 Å². The van der Waals surface area contributed by atoms with Crippen LogP contribution in [0.15, 0.2) is 18.7 Å². The van der Waals surface area contributed by atoms with E-state index in [2.05, 4.69) is 26.8 Å². The molecular formula is C14H26N4. The molecule has 4 heteroatoms. The number of aromatic nitrogens is 2. The van der Waals surface area contributed by atoms with Crippen LogP contribution in [0, 0.1) is 0 Å². The summed E-state index contributed by atoms with van der Waals surface area (Å²) in [5, 5.41) is 3.61. The van der Waals surface area contributed by atoms with Crippen LogP contribution in [-0.4, -0.2) is 47.2 Å². The molecule has 2 heterocycles. The quantitative estimate of drug-likeness (QED) is 0.800. The lowest BCUT2D eigenvalue weighted by atomic mass is 10.0. The van der Waals surface area contributed by atoms with Gasteiger partial charge in [-0.05, 0) is 52.4 Å². The van der Waals surface area contributed by atoms with Gasteiger partial charge in [0.25, 0.3) is 0 Å². The Kier molecular flexibility index (Phi) is 5.68. The fourth-order valence-electron chi connectivity index (χ4n) is 2.60. The van der Waals surface area contributed by atoms with Gasteiger partial charge < -0.3 is 14.8 Å². The normalized spacial score (nSPS) is 20.4. The summed E-state index contributed by atoms with van der Waals surface area (Å²) in [5.74, 6) is 0. The predicted molar refractivity (Wildman–Crippen MR) is 74.6 cm³/mol. The Hall–Kier alpha value is -0.870. The van der Waals surface area contributed by atoms with Gasteiger partial charge in [0.15, 0.2) is 0 Å². The zero-order chi connectivity index (χ0) is 12.6. The number of rotatable bonds is 7. The molecule has 0 aromatic carbocycles. The summed E-state index contributed by atoms with van der Waals surface area (Å²) < 4.78 is 2.15. The minimum Gasteiger partial charge on any atom is -0.337 e. The summed E-state index contributed by atoms with van der Waals surface area (Å²) in [7, 11) is 2.23. The van der Waals surface area contributed by atoms with Gasteiger partial charge in [0.1, 0.15) is 0 Å². The number of aryl methyl sites for hydroxylation is 1. The van der Waals surface area contributed by atoms with Crippen LogP contribution in [0.4, 0.5) is 0 Å². The van der Waals surface area contributed by atoms with Gasteiger partial charge >= 0.3 is 0 Å². The maximum atomic E-state index is 4.06. The van der Waals surface area contributed by atoms with Crippen LogP contribution in [-0.2, 0) is 6.54 Å². The molecule has 0 aliphatic carbocycles. The number of piperidine rings is 1. The smallest absolute Gasteiger partial charge is 0.0945 e. The minimum absolute atomic E-state index is 0.759. The molecular weight excluding hydrogens is 224 g/mol. The molecule has 1 aromatic heterocycles. The van der Waals surface area contributed by atoms with Gasteiger partial charge in [-0.15, -0.1) is 0 Å². The lowest BCUT2D eigenvalue weighted by Crippen LogP contribution is -2.37. The molecule has 0 radical (unpaired) electrons. The van der Waals surface area contributed by atoms with E-state index in [9.17, 15) is 0 Å². The topological polar surface area (TPSA) is 33.1 Å². The molecule has 102 valence electrons. The van der Waals surface area contributed by atoms with Crippen molar-refractivity contribution >= 4 is 0 Å². The molecule has 1 atom stereocenters. The van der Waals surface area contributed by atoms with Gasteiger partial charge in [-0.3, -0.25) is 0 Å². The molecule has 1 saturated heterocycles. The predicted octanol–water partition coefficient (Wildman–Crippen LogP) is 1.74. The van der Waals surface area contributed by atoms with Crippen LogP contribution in [0.5, 0.6) is 0 Å². The third kappa shape index (κ3) is 4.78. The Morgan fingerprint density at radius 1 is 1.39 bits per heavy atom. The standard InChI is InChI=1S/C14H26N4/c1-17(9-4-10-18-12-8-15-13-18)11-6-14-5-2-3-7-16-14/h8,12-14,16H,2-7,9-11H2,1H3. The monoisotopic (exact) mass is 250 g/mol. The van der Waals surface area contributed by atoms with E-state index in [1.165, 1.54) is 51.7 Å². The lowest BCUT2D eigenvalue weighted by molar-refractivity contribution is 0.281. The first-order chi connectivity index (χ1) is 8.84. The van der Waals surface area contributed by atoms with E-state index in [1.54, 1.807) is 0 Å². The molecule has 1 aliphatic rings. The maximum absolute atomic E-state index is 4.06. The van der Waals surface area contributed by atoms with E-state index in [1.807, 2.05) is 18.7 Å². The van der Waals surface area contributed by atoms with Gasteiger partial charge in [0.05, 0.1) is 6.33 Å². The minimum atomic E-state index is 0.759. The second kappa shape index (κ2) is 7.54. The van der Waals surface area contributed by atoms with Crippen molar-refractivity contribution in [1.29, 1.82) is 0 Å². The molecule has 0 saturated carbocycles. The van der Waals surface area contributed by atoms with E-state index in [4.69, 9.17) is 0 Å². The fourth-order valence-corrected chi connectivity index (χ4v) is 2.60. The molecule has 1 N–H and O–H groups in total. The van der Waals surface area contributed by atoms with Crippen molar-refractivity contribution in [2.75, 3.05) is 26.7 Å². The summed E-state index contributed by atoms with van der Waals surface area (Å²) in [5.41, 5.74) is 0. The maximum Gasteiger partial charge on any atom is 0.0945 e. The summed E-state index contributed by atoms with van der Waals surface area (Å²) in [4.78, 5) is 6.51. The van der Waals surface area contributed by atoms with Crippen molar-refractivity contribution in [2.45, 2.75) is 44.7 Å². The van der Waals surface area contributed by atoms with Crippen LogP contribution in [0.25, 0.3) is 0 Å². The number of hydrogen-bond acceptors (Lipinski definition) is 3. The van der Waals surface area contributed by atoms with Crippen LogP contribution in [0.3, 0.4) is 0 Å². The molecule has 1 unspecified atom stereocenters. The van der Waals surface area contributed by atoms with Gasteiger partial charge in [0.2, 0.25) is 0 Å². The Labute approximate surface area is 110 Å². The molecule has 2 rings (SSSR count). The van der Waals surface area contributed by atoms with Crippen molar-refractivity contribution in [3.05, 3.63) is 18.7 Å². The molecule has 0 amide bonds. The highest BCUT2D eigenvalue weighted by Gasteiger charge is 2.12. The summed E-state index contributed by atoms with van der Waals surface area (Å²) in [6.45, 7) is 4.67.